The van der Waals surface area contributed by atoms with Crippen LogP contribution in [0.15, 0.2) is 54.6 Å². The van der Waals surface area contributed by atoms with Crippen molar-refractivity contribution in [1.82, 2.24) is 9.80 Å². The molecule has 1 fully saturated rings. The van der Waals surface area contributed by atoms with E-state index >= 15 is 0 Å². The Kier molecular flexibility index (Phi) is 6.73. The van der Waals surface area contributed by atoms with E-state index in [2.05, 4.69) is 0 Å². The summed E-state index contributed by atoms with van der Waals surface area (Å²) in [5.74, 6) is -0.0571. The van der Waals surface area contributed by atoms with Crippen molar-refractivity contribution >= 4 is 17.5 Å². The minimum Gasteiger partial charge on any atom is -0.390 e. The number of nitrogens with zero attached hydrogens (tertiary/aromatic N) is 2. The molecule has 6 heteroatoms. The number of β-amino-alcohol motifs (C(OH)–C–C–N with tert-alkyl or cyclic N) is 1. The number of aliphatic hydroxyl groups excluding tert-OH is 1. The van der Waals surface area contributed by atoms with Gasteiger partial charge in [-0.1, -0.05) is 54.1 Å². The van der Waals surface area contributed by atoms with Crippen LogP contribution in [0.5, 0.6) is 0 Å². The van der Waals surface area contributed by atoms with Crippen molar-refractivity contribution < 1.29 is 15.0 Å². The second kappa shape index (κ2) is 9.05. The molecular formula is C22H27ClN2O3. The number of hydrogen-bond donors (Lipinski definition) is 2. The van der Waals surface area contributed by atoms with Crippen LogP contribution in [-0.4, -0.2) is 64.3 Å². The largest absolute Gasteiger partial charge is 0.390 e. The number of benzene rings is 2. The summed E-state index contributed by atoms with van der Waals surface area (Å²) >= 11 is 5.90. The second-order valence-corrected chi connectivity index (χ2v) is 8.12. The van der Waals surface area contributed by atoms with E-state index in [1.54, 1.807) is 17.0 Å². The molecule has 3 rings (SSSR count). The lowest BCUT2D eigenvalue weighted by Crippen LogP contribution is -2.62. The number of rotatable bonds is 6. The van der Waals surface area contributed by atoms with Gasteiger partial charge in [0.25, 0.3) is 0 Å². The van der Waals surface area contributed by atoms with Gasteiger partial charge in [-0.05, 0) is 36.7 Å². The number of carbonyl (C=O) groups is 1. The third kappa shape index (κ3) is 5.32. The summed E-state index contributed by atoms with van der Waals surface area (Å²) in [5, 5.41) is 22.2. The van der Waals surface area contributed by atoms with Gasteiger partial charge in [-0.25, -0.2) is 0 Å². The maximum atomic E-state index is 12.7. The Morgan fingerprint density at radius 2 is 1.86 bits per heavy atom. The van der Waals surface area contributed by atoms with Crippen LogP contribution in [0.4, 0.5) is 0 Å². The number of hydrogen-bond acceptors (Lipinski definition) is 4. The monoisotopic (exact) mass is 402 g/mol. The molecule has 2 atom stereocenters. The van der Waals surface area contributed by atoms with Gasteiger partial charge in [-0.3, -0.25) is 9.69 Å². The smallest absolute Gasteiger partial charge is 0.227 e. The zero-order valence-electron chi connectivity index (χ0n) is 16.1. The molecule has 0 spiro atoms. The predicted molar refractivity (Wildman–Crippen MR) is 110 cm³/mol. The summed E-state index contributed by atoms with van der Waals surface area (Å²) in [6.07, 6.45) is -0.240. The lowest BCUT2D eigenvalue weighted by molar-refractivity contribution is -0.155. The average molecular weight is 403 g/mol. The van der Waals surface area contributed by atoms with Gasteiger partial charge in [0.05, 0.1) is 19.1 Å². The predicted octanol–water partition coefficient (Wildman–Crippen LogP) is 2.34. The molecule has 1 amide bonds. The number of aliphatic hydroxyl groups is 2. The Morgan fingerprint density at radius 1 is 1.18 bits per heavy atom. The second-order valence-electron chi connectivity index (χ2n) is 7.68. The van der Waals surface area contributed by atoms with E-state index in [4.69, 9.17) is 11.6 Å². The van der Waals surface area contributed by atoms with Crippen LogP contribution in [0, 0.1) is 0 Å². The van der Waals surface area contributed by atoms with Crippen molar-refractivity contribution in [2.75, 3.05) is 26.7 Å². The Bertz CT molecular complexity index is 784. The van der Waals surface area contributed by atoms with Crippen LogP contribution < -0.4 is 0 Å². The first-order valence-corrected chi connectivity index (χ1v) is 9.89. The van der Waals surface area contributed by atoms with E-state index in [0.717, 1.165) is 11.1 Å². The van der Waals surface area contributed by atoms with Crippen molar-refractivity contribution in [1.29, 1.82) is 0 Å². The Morgan fingerprint density at radius 3 is 2.54 bits per heavy atom. The molecule has 0 unspecified atom stereocenters. The van der Waals surface area contributed by atoms with Crippen LogP contribution in [0.2, 0.25) is 5.02 Å². The fourth-order valence-electron chi connectivity index (χ4n) is 3.74. The van der Waals surface area contributed by atoms with Gasteiger partial charge < -0.3 is 15.1 Å². The van der Waals surface area contributed by atoms with E-state index < -0.39 is 11.7 Å². The molecule has 2 aromatic rings. The van der Waals surface area contributed by atoms with Gasteiger partial charge in [0.1, 0.15) is 5.60 Å². The first kappa shape index (κ1) is 20.8. The highest BCUT2D eigenvalue weighted by atomic mass is 35.5. The number of likely N-dealkylation sites (N-methyl/N-ethyl adjacent to an activating group) is 1. The lowest BCUT2D eigenvalue weighted by atomic mass is 9.88. The molecule has 1 aliphatic heterocycles. The zero-order chi connectivity index (χ0) is 20.1. The summed E-state index contributed by atoms with van der Waals surface area (Å²) in [4.78, 5) is 16.3. The van der Waals surface area contributed by atoms with Crippen molar-refractivity contribution in [3.8, 4) is 0 Å². The van der Waals surface area contributed by atoms with Gasteiger partial charge >= 0.3 is 0 Å². The Labute approximate surface area is 171 Å². The molecule has 5 nitrogen and oxygen atoms in total. The molecule has 0 aliphatic carbocycles. The van der Waals surface area contributed by atoms with Crippen LogP contribution in [-0.2, 0) is 17.8 Å². The van der Waals surface area contributed by atoms with Gasteiger partial charge in [-0.15, -0.1) is 0 Å². The zero-order valence-corrected chi connectivity index (χ0v) is 16.8. The summed E-state index contributed by atoms with van der Waals surface area (Å²) < 4.78 is 0. The highest BCUT2D eigenvalue weighted by Crippen LogP contribution is 2.24. The molecule has 0 aromatic heterocycles. The topological polar surface area (TPSA) is 64.0 Å². The van der Waals surface area contributed by atoms with Crippen LogP contribution >= 0.6 is 11.6 Å². The Hall–Kier alpha value is -1.92. The molecule has 1 saturated heterocycles. The highest BCUT2D eigenvalue weighted by Gasteiger charge is 2.43. The summed E-state index contributed by atoms with van der Waals surface area (Å²) in [7, 11) is 1.91. The van der Waals surface area contributed by atoms with Crippen LogP contribution in [0.25, 0.3) is 0 Å². The van der Waals surface area contributed by atoms with Crippen LogP contribution in [0.1, 0.15) is 17.5 Å². The van der Waals surface area contributed by atoms with E-state index in [1.807, 2.05) is 54.4 Å². The van der Waals surface area contributed by atoms with Gasteiger partial charge in [0.2, 0.25) is 5.91 Å². The van der Waals surface area contributed by atoms with E-state index in [-0.39, 0.29) is 25.4 Å². The highest BCUT2D eigenvalue weighted by molar-refractivity contribution is 6.30. The van der Waals surface area contributed by atoms with Gasteiger partial charge in [0, 0.05) is 24.7 Å². The average Bonchev–Trinajstić information content (AvgIpc) is 2.66. The molecule has 2 N–H and O–H groups in total. The number of halogens is 1. The summed E-state index contributed by atoms with van der Waals surface area (Å²) in [6, 6.07) is 17.2. The number of likely N-dealkylation sites (tertiary alicyclic amines) is 1. The maximum absolute atomic E-state index is 12.7. The first-order valence-electron chi connectivity index (χ1n) is 9.51. The fourth-order valence-corrected chi connectivity index (χ4v) is 3.86. The molecule has 1 heterocycles. The minimum absolute atomic E-state index is 0.0571. The third-order valence-corrected chi connectivity index (χ3v) is 5.47. The molecular weight excluding hydrogens is 376 g/mol. The van der Waals surface area contributed by atoms with Crippen molar-refractivity contribution in [2.45, 2.75) is 31.1 Å². The van der Waals surface area contributed by atoms with Gasteiger partial charge in [-0.2, -0.15) is 0 Å². The number of carbonyl (C=O) groups excluding carboxylic acids is 1. The fraction of sp³-hybridized carbons (Fsp3) is 0.409. The quantitative estimate of drug-likeness (QED) is 0.778. The molecule has 1 aliphatic rings. The molecule has 0 radical (unpaired) electrons. The Balaban J connectivity index is 1.61. The number of piperidine rings is 1. The van der Waals surface area contributed by atoms with E-state index in [1.165, 1.54) is 0 Å². The van der Waals surface area contributed by atoms with Crippen molar-refractivity contribution in [2.24, 2.45) is 0 Å². The summed E-state index contributed by atoms with van der Waals surface area (Å²) in [6.45, 7) is 1.51. The molecule has 28 heavy (non-hydrogen) atoms. The SMILES string of the molecule is CN(Cc1ccccc1)C[C@@]1(O)CN(C(=O)Cc2ccc(Cl)cc2)CC[C@@H]1O. The molecule has 0 bridgehead atoms. The van der Waals surface area contributed by atoms with Gasteiger partial charge in [0.15, 0.2) is 0 Å². The van der Waals surface area contributed by atoms with E-state index in [0.29, 0.717) is 24.5 Å². The standard InChI is InChI=1S/C22H27ClN2O3/c1-24(14-18-5-3-2-4-6-18)15-22(28)16-25(12-11-20(22)26)21(27)13-17-7-9-19(23)10-8-17/h2-10,20,26,28H,11-16H2,1H3/t20-,22+/m0/s1. The van der Waals surface area contributed by atoms with E-state index in [9.17, 15) is 15.0 Å². The van der Waals surface area contributed by atoms with Crippen molar-refractivity contribution in [3.05, 3.63) is 70.7 Å². The normalized spacial score (nSPS) is 22.5. The summed E-state index contributed by atoms with van der Waals surface area (Å²) in [5.41, 5.74) is 0.664. The van der Waals surface area contributed by atoms with Crippen molar-refractivity contribution in [3.63, 3.8) is 0 Å². The molecule has 0 saturated carbocycles. The van der Waals surface area contributed by atoms with Crippen LogP contribution in [0.3, 0.4) is 0 Å². The lowest BCUT2D eigenvalue weighted by Gasteiger charge is -2.44. The third-order valence-electron chi connectivity index (χ3n) is 5.22. The first-order chi connectivity index (χ1) is 13.4. The minimum atomic E-state index is -1.35. The molecule has 150 valence electrons. The maximum Gasteiger partial charge on any atom is 0.227 e. The number of amides is 1. The molecule has 2 aromatic carbocycles.